The van der Waals surface area contributed by atoms with Crippen molar-refractivity contribution in [3.05, 3.63) is 88.8 Å². The maximum absolute atomic E-state index is 5.92. The Morgan fingerprint density at radius 2 is 1.94 bits per heavy atom. The Morgan fingerprint density at radius 3 is 2.64 bits per heavy atom. The molecule has 4 nitrogen and oxygen atoms in total. The van der Waals surface area contributed by atoms with Gasteiger partial charge in [-0.15, -0.1) is 0 Å². The Labute approximate surface area is 220 Å². The zero-order valence-electron chi connectivity index (χ0n) is 23.7. The number of hydrogen-bond acceptors (Lipinski definition) is 3. The Kier molecular flexibility index (Phi) is 9.43. The molecule has 3 rings (SSSR count). The van der Waals surface area contributed by atoms with Crippen LogP contribution in [0.25, 0.3) is 0 Å². The van der Waals surface area contributed by atoms with Gasteiger partial charge in [0.05, 0.1) is 26.2 Å². The van der Waals surface area contributed by atoms with Crippen molar-refractivity contribution in [2.45, 2.75) is 66.3 Å². The third-order valence-electron chi connectivity index (χ3n) is 8.02. The first-order valence-corrected chi connectivity index (χ1v) is 13.8. The van der Waals surface area contributed by atoms with Crippen LogP contribution in [0.2, 0.25) is 0 Å². The zero-order valence-corrected chi connectivity index (χ0v) is 23.7. The SMILES string of the molecule is CC[NH+](CC)CCNC1=CCC=CC=C1C(C)(C)C/C=C/C=C1/N(C)c2ccc(CN)cc2C1(C)C. The average molecular weight is 490 g/mol. The van der Waals surface area contributed by atoms with E-state index in [1.54, 1.807) is 4.90 Å². The molecule has 4 heteroatoms. The Hall–Kier alpha value is -2.56. The highest BCUT2D eigenvalue weighted by atomic mass is 15.2. The number of fused-ring (bicyclic) bond motifs is 1. The number of rotatable bonds is 11. The molecule has 0 saturated heterocycles. The van der Waals surface area contributed by atoms with Crippen molar-refractivity contribution in [3.8, 4) is 0 Å². The number of anilines is 1. The van der Waals surface area contributed by atoms with E-state index in [4.69, 9.17) is 5.73 Å². The third-order valence-corrected chi connectivity index (χ3v) is 8.02. The molecule has 1 aliphatic carbocycles. The third kappa shape index (κ3) is 6.22. The monoisotopic (exact) mass is 489 g/mol. The molecule has 0 amide bonds. The van der Waals surface area contributed by atoms with Gasteiger partial charge < -0.3 is 20.9 Å². The van der Waals surface area contributed by atoms with Crippen molar-refractivity contribution in [1.82, 2.24) is 5.32 Å². The first-order valence-electron chi connectivity index (χ1n) is 13.8. The van der Waals surface area contributed by atoms with Gasteiger partial charge in [0.2, 0.25) is 0 Å². The fourth-order valence-electron chi connectivity index (χ4n) is 5.51. The lowest BCUT2D eigenvalue weighted by Crippen LogP contribution is -3.12. The quantitative estimate of drug-likeness (QED) is 0.409. The molecule has 1 aliphatic heterocycles. The minimum Gasteiger partial charge on any atom is -0.379 e. The smallest absolute Gasteiger partial charge is 0.0946 e. The summed E-state index contributed by atoms with van der Waals surface area (Å²) in [6.45, 7) is 19.0. The highest BCUT2D eigenvalue weighted by Crippen LogP contribution is 2.47. The van der Waals surface area contributed by atoms with Crippen molar-refractivity contribution in [2.75, 3.05) is 38.1 Å². The van der Waals surface area contributed by atoms with Crippen LogP contribution in [0.5, 0.6) is 0 Å². The van der Waals surface area contributed by atoms with Crippen LogP contribution in [-0.4, -0.2) is 33.2 Å². The number of allylic oxidation sites excluding steroid dienone is 9. The Balaban J connectivity index is 1.72. The van der Waals surface area contributed by atoms with Crippen molar-refractivity contribution >= 4 is 5.69 Å². The predicted molar refractivity (Wildman–Crippen MR) is 156 cm³/mol. The van der Waals surface area contributed by atoms with Crippen LogP contribution in [-0.2, 0) is 12.0 Å². The summed E-state index contributed by atoms with van der Waals surface area (Å²) in [6, 6.07) is 6.62. The van der Waals surface area contributed by atoms with E-state index in [0.29, 0.717) is 6.54 Å². The maximum Gasteiger partial charge on any atom is 0.0946 e. The van der Waals surface area contributed by atoms with E-state index in [-0.39, 0.29) is 10.8 Å². The standard InChI is InChI=1S/C32H48N4/c1-8-36(9-2)22-21-34-28-16-12-10-11-15-26(28)31(3,4)20-14-13-17-30-32(5,6)27-23-25(24-33)18-19-29(27)35(30)7/h10-11,13-19,23,34H,8-9,12,20-22,24,33H2,1-7H3/p+1/b14-13+,30-17+. The molecule has 0 radical (unpaired) electrons. The summed E-state index contributed by atoms with van der Waals surface area (Å²) < 4.78 is 0. The number of nitrogens with zero attached hydrogens (tertiary/aromatic N) is 1. The second-order valence-corrected chi connectivity index (χ2v) is 11.3. The van der Waals surface area contributed by atoms with E-state index < -0.39 is 0 Å². The second-order valence-electron chi connectivity index (χ2n) is 11.3. The summed E-state index contributed by atoms with van der Waals surface area (Å²) in [5.41, 5.74) is 13.7. The summed E-state index contributed by atoms with van der Waals surface area (Å²) in [5, 5.41) is 3.77. The van der Waals surface area contributed by atoms with Gasteiger partial charge in [0.15, 0.2) is 0 Å². The van der Waals surface area contributed by atoms with E-state index in [0.717, 1.165) is 25.9 Å². The topological polar surface area (TPSA) is 45.7 Å². The summed E-state index contributed by atoms with van der Waals surface area (Å²) in [7, 11) is 2.17. The van der Waals surface area contributed by atoms with Gasteiger partial charge in [-0.2, -0.15) is 0 Å². The molecule has 0 saturated carbocycles. The molecule has 36 heavy (non-hydrogen) atoms. The molecule has 0 atom stereocenters. The lowest BCUT2D eigenvalue weighted by Gasteiger charge is -2.29. The summed E-state index contributed by atoms with van der Waals surface area (Å²) in [6.07, 6.45) is 17.9. The minimum atomic E-state index is -0.0452. The Bertz CT molecular complexity index is 1050. The number of benzene rings is 1. The number of likely N-dealkylation sites (N-methyl/N-ethyl adjacent to an activating group) is 2. The fraction of sp³-hybridized carbons (Fsp3) is 0.500. The van der Waals surface area contributed by atoms with E-state index >= 15 is 0 Å². The van der Waals surface area contributed by atoms with Gasteiger partial charge in [-0.3, -0.25) is 0 Å². The molecule has 0 spiro atoms. The minimum absolute atomic E-state index is 0.0284. The van der Waals surface area contributed by atoms with E-state index in [1.807, 2.05) is 0 Å². The summed E-state index contributed by atoms with van der Waals surface area (Å²) in [4.78, 5) is 3.96. The van der Waals surface area contributed by atoms with Crippen molar-refractivity contribution in [1.29, 1.82) is 0 Å². The van der Waals surface area contributed by atoms with Crippen LogP contribution in [0.3, 0.4) is 0 Å². The van der Waals surface area contributed by atoms with Crippen LogP contribution in [0.15, 0.2) is 77.7 Å². The Morgan fingerprint density at radius 1 is 1.19 bits per heavy atom. The van der Waals surface area contributed by atoms with Crippen LogP contribution in [0.4, 0.5) is 5.69 Å². The average Bonchev–Trinajstić information content (AvgIpc) is 3.01. The molecule has 1 heterocycles. The maximum atomic E-state index is 5.92. The molecule has 0 bridgehead atoms. The normalized spacial score (nSPS) is 18.6. The summed E-state index contributed by atoms with van der Waals surface area (Å²) >= 11 is 0. The van der Waals surface area contributed by atoms with Gasteiger partial charge in [-0.05, 0) is 60.9 Å². The van der Waals surface area contributed by atoms with Crippen LogP contribution < -0.4 is 20.9 Å². The van der Waals surface area contributed by atoms with Crippen molar-refractivity contribution in [2.24, 2.45) is 11.1 Å². The first-order chi connectivity index (χ1) is 17.2. The summed E-state index contributed by atoms with van der Waals surface area (Å²) in [5.74, 6) is 0. The molecule has 0 fully saturated rings. The van der Waals surface area contributed by atoms with E-state index in [1.165, 1.54) is 46.9 Å². The second kappa shape index (κ2) is 12.1. The molecule has 0 aromatic heterocycles. The molecule has 4 N–H and O–H groups in total. The van der Waals surface area contributed by atoms with Gasteiger partial charge in [-0.25, -0.2) is 0 Å². The lowest BCUT2D eigenvalue weighted by molar-refractivity contribution is -0.895. The molecule has 1 aromatic carbocycles. The van der Waals surface area contributed by atoms with Gasteiger partial charge >= 0.3 is 0 Å². The molecular weight excluding hydrogens is 440 g/mol. The largest absolute Gasteiger partial charge is 0.379 e. The first kappa shape index (κ1) is 28.0. The van der Waals surface area contributed by atoms with E-state index in [2.05, 4.69) is 120 Å². The fourth-order valence-corrected chi connectivity index (χ4v) is 5.51. The van der Waals surface area contributed by atoms with Crippen LogP contribution in [0, 0.1) is 5.41 Å². The number of quaternary nitrogens is 1. The van der Waals surface area contributed by atoms with Crippen LogP contribution >= 0.6 is 0 Å². The highest BCUT2D eigenvalue weighted by Gasteiger charge is 2.38. The molecule has 2 aliphatic rings. The molecular formula is C32H49N4+. The molecule has 1 aromatic rings. The van der Waals surface area contributed by atoms with Gasteiger partial charge in [0.1, 0.15) is 0 Å². The van der Waals surface area contributed by atoms with Gasteiger partial charge in [0, 0.05) is 36.1 Å². The molecule has 196 valence electrons. The van der Waals surface area contributed by atoms with Crippen molar-refractivity contribution in [3.63, 3.8) is 0 Å². The number of nitrogens with one attached hydrogen (secondary N) is 2. The van der Waals surface area contributed by atoms with Crippen LogP contribution in [0.1, 0.15) is 65.5 Å². The number of hydrogen-bond donors (Lipinski definition) is 3. The van der Waals surface area contributed by atoms with E-state index in [9.17, 15) is 0 Å². The molecule has 0 unspecified atom stereocenters. The number of nitrogens with two attached hydrogens (primary N) is 1. The lowest BCUT2D eigenvalue weighted by atomic mass is 9.78. The zero-order chi connectivity index (χ0) is 26.3. The van der Waals surface area contributed by atoms with Crippen molar-refractivity contribution < 1.29 is 4.90 Å². The highest BCUT2D eigenvalue weighted by molar-refractivity contribution is 5.70. The van der Waals surface area contributed by atoms with Gasteiger partial charge in [-0.1, -0.05) is 76.3 Å². The van der Waals surface area contributed by atoms with Gasteiger partial charge in [0.25, 0.3) is 0 Å². The predicted octanol–water partition coefficient (Wildman–Crippen LogP) is 5.01.